The van der Waals surface area contributed by atoms with Crippen LogP contribution >= 0.6 is 12.4 Å². The monoisotopic (exact) mass is 364 g/mol. The summed E-state index contributed by atoms with van der Waals surface area (Å²) in [6, 6.07) is 12.1. The molecule has 1 unspecified atom stereocenters. The van der Waals surface area contributed by atoms with E-state index < -0.39 is 0 Å². The quantitative estimate of drug-likeness (QED) is 0.767. The Balaban J connectivity index is 0.00000225. The Bertz CT molecular complexity index is 660. The van der Waals surface area contributed by atoms with E-state index in [1.54, 1.807) is 6.07 Å². The fraction of sp³-hybridized carbons (Fsp3) is 0.421. The molecule has 0 aliphatic carbocycles. The van der Waals surface area contributed by atoms with Crippen LogP contribution in [0.15, 0.2) is 47.1 Å². The third-order valence-corrected chi connectivity index (χ3v) is 4.34. The van der Waals surface area contributed by atoms with Gasteiger partial charge in [0.15, 0.2) is 0 Å². The van der Waals surface area contributed by atoms with Gasteiger partial charge in [-0.25, -0.2) is 0 Å². The van der Waals surface area contributed by atoms with Crippen molar-refractivity contribution < 1.29 is 13.9 Å². The molecular weight excluding hydrogens is 340 g/mol. The van der Waals surface area contributed by atoms with E-state index in [1.807, 2.05) is 11.0 Å². The van der Waals surface area contributed by atoms with Crippen molar-refractivity contribution in [2.45, 2.75) is 31.9 Å². The van der Waals surface area contributed by atoms with E-state index in [-0.39, 0.29) is 24.4 Å². The molecule has 1 fully saturated rings. The van der Waals surface area contributed by atoms with Gasteiger partial charge in [0.05, 0.1) is 18.2 Å². The van der Waals surface area contributed by atoms with Gasteiger partial charge in [-0.15, -0.1) is 12.4 Å². The van der Waals surface area contributed by atoms with Gasteiger partial charge in [0, 0.05) is 19.7 Å². The third-order valence-electron chi connectivity index (χ3n) is 4.34. The number of nitrogens with two attached hydrogens (primary N) is 1. The highest BCUT2D eigenvalue weighted by Gasteiger charge is 2.28. The van der Waals surface area contributed by atoms with Gasteiger partial charge in [-0.2, -0.15) is 0 Å². The fourth-order valence-electron chi connectivity index (χ4n) is 3.00. The summed E-state index contributed by atoms with van der Waals surface area (Å²) in [5.41, 5.74) is 7.41. The molecule has 2 heterocycles. The number of hydrogen-bond acceptors (Lipinski definition) is 4. The summed E-state index contributed by atoms with van der Waals surface area (Å²) in [5, 5.41) is 0. The van der Waals surface area contributed by atoms with Crippen LogP contribution in [-0.4, -0.2) is 36.6 Å². The number of aryl methyl sites for hydroxylation is 1. The standard InChI is InChI=1S/C19H24N2O3.ClH/c20-12-18-11-16(14-24-18)19(22)21-9-8-17(13-21)23-10-4-7-15-5-2-1-3-6-15;/h1-3,5-6,11,14,17H,4,7-10,12-13,20H2;1H. The average molecular weight is 365 g/mol. The van der Waals surface area contributed by atoms with Crippen molar-refractivity contribution in [1.29, 1.82) is 0 Å². The van der Waals surface area contributed by atoms with Gasteiger partial charge >= 0.3 is 0 Å². The maximum atomic E-state index is 12.4. The zero-order valence-corrected chi connectivity index (χ0v) is 15.0. The van der Waals surface area contributed by atoms with E-state index in [0.29, 0.717) is 24.4 Å². The molecule has 1 saturated heterocycles. The third kappa shape index (κ3) is 5.33. The van der Waals surface area contributed by atoms with Crippen molar-refractivity contribution in [3.63, 3.8) is 0 Å². The van der Waals surface area contributed by atoms with Gasteiger partial charge in [0.25, 0.3) is 5.91 Å². The maximum absolute atomic E-state index is 12.4. The number of nitrogens with zero attached hydrogens (tertiary/aromatic N) is 1. The molecule has 1 aromatic heterocycles. The van der Waals surface area contributed by atoms with E-state index in [9.17, 15) is 4.79 Å². The number of amides is 1. The number of rotatable bonds is 7. The first kappa shape index (κ1) is 19.5. The number of ether oxygens (including phenoxy) is 1. The molecule has 1 aliphatic heterocycles. The lowest BCUT2D eigenvalue weighted by Gasteiger charge is -2.16. The molecule has 25 heavy (non-hydrogen) atoms. The molecule has 1 aromatic carbocycles. The number of likely N-dealkylation sites (tertiary alicyclic amines) is 1. The Morgan fingerprint density at radius 3 is 2.84 bits per heavy atom. The minimum atomic E-state index is -0.00571. The Labute approximate surface area is 154 Å². The molecule has 136 valence electrons. The number of halogens is 1. The number of hydrogen-bond donors (Lipinski definition) is 1. The summed E-state index contributed by atoms with van der Waals surface area (Å²) in [5.74, 6) is 0.625. The molecule has 6 heteroatoms. The lowest BCUT2D eigenvalue weighted by Crippen LogP contribution is -2.30. The second kappa shape index (κ2) is 9.61. The van der Waals surface area contributed by atoms with Crippen LogP contribution in [0.4, 0.5) is 0 Å². The van der Waals surface area contributed by atoms with Gasteiger partial charge in [-0.05, 0) is 30.9 Å². The molecule has 0 saturated carbocycles. The predicted molar refractivity (Wildman–Crippen MR) is 98.9 cm³/mol. The van der Waals surface area contributed by atoms with E-state index in [4.69, 9.17) is 14.9 Å². The Kier molecular flexibility index (Phi) is 7.50. The average Bonchev–Trinajstić information content (AvgIpc) is 3.28. The second-order valence-electron chi connectivity index (χ2n) is 6.13. The number of benzene rings is 1. The van der Waals surface area contributed by atoms with E-state index in [1.165, 1.54) is 11.8 Å². The van der Waals surface area contributed by atoms with E-state index in [0.717, 1.165) is 32.4 Å². The highest BCUT2D eigenvalue weighted by atomic mass is 35.5. The number of carbonyl (C=O) groups excluding carboxylic acids is 1. The van der Waals surface area contributed by atoms with E-state index >= 15 is 0 Å². The van der Waals surface area contributed by atoms with Crippen LogP contribution in [0.3, 0.4) is 0 Å². The summed E-state index contributed by atoms with van der Waals surface area (Å²) >= 11 is 0. The van der Waals surface area contributed by atoms with Gasteiger partial charge in [0.2, 0.25) is 0 Å². The molecule has 1 amide bonds. The largest absolute Gasteiger partial charge is 0.467 e. The van der Waals surface area contributed by atoms with Gasteiger partial charge in [0.1, 0.15) is 12.0 Å². The smallest absolute Gasteiger partial charge is 0.257 e. The molecule has 3 rings (SSSR count). The molecule has 2 N–H and O–H groups in total. The minimum absolute atomic E-state index is 0. The van der Waals surface area contributed by atoms with Gasteiger partial charge in [-0.3, -0.25) is 4.79 Å². The summed E-state index contributed by atoms with van der Waals surface area (Å²) in [7, 11) is 0. The van der Waals surface area contributed by atoms with Crippen LogP contribution in [0.25, 0.3) is 0 Å². The molecule has 5 nitrogen and oxygen atoms in total. The number of furan rings is 1. The lowest BCUT2D eigenvalue weighted by molar-refractivity contribution is 0.0524. The zero-order valence-electron chi connectivity index (χ0n) is 14.2. The fourth-order valence-corrected chi connectivity index (χ4v) is 3.00. The van der Waals surface area contributed by atoms with Crippen LogP contribution in [0.2, 0.25) is 0 Å². The van der Waals surface area contributed by atoms with Crippen LogP contribution in [0, 0.1) is 0 Å². The summed E-state index contributed by atoms with van der Waals surface area (Å²) in [6.07, 6.45) is 4.52. The highest BCUT2D eigenvalue weighted by molar-refractivity contribution is 5.94. The molecule has 1 aliphatic rings. The normalized spacial score (nSPS) is 16.7. The van der Waals surface area contributed by atoms with Crippen molar-refractivity contribution in [2.24, 2.45) is 5.73 Å². The molecule has 0 bridgehead atoms. The SMILES string of the molecule is Cl.NCc1cc(C(=O)N2CCC(OCCCc3ccccc3)C2)co1. The van der Waals surface area contributed by atoms with Crippen LogP contribution < -0.4 is 5.73 Å². The molecule has 0 radical (unpaired) electrons. The summed E-state index contributed by atoms with van der Waals surface area (Å²) in [4.78, 5) is 14.2. The van der Waals surface area contributed by atoms with Gasteiger partial charge in [-0.1, -0.05) is 30.3 Å². The zero-order chi connectivity index (χ0) is 16.8. The molecule has 2 aromatic rings. The van der Waals surface area contributed by atoms with Crippen molar-refractivity contribution in [3.05, 3.63) is 59.5 Å². The lowest BCUT2D eigenvalue weighted by atomic mass is 10.1. The van der Waals surface area contributed by atoms with Crippen molar-refractivity contribution in [2.75, 3.05) is 19.7 Å². The minimum Gasteiger partial charge on any atom is -0.467 e. The first-order valence-corrected chi connectivity index (χ1v) is 8.48. The van der Waals surface area contributed by atoms with Gasteiger partial charge < -0.3 is 19.8 Å². The van der Waals surface area contributed by atoms with Crippen molar-refractivity contribution >= 4 is 18.3 Å². The van der Waals surface area contributed by atoms with E-state index in [2.05, 4.69) is 24.3 Å². The molecular formula is C19H25ClN2O3. The van der Waals surface area contributed by atoms with Crippen molar-refractivity contribution in [3.8, 4) is 0 Å². The summed E-state index contributed by atoms with van der Waals surface area (Å²) < 4.78 is 11.2. The first-order valence-electron chi connectivity index (χ1n) is 8.48. The van der Waals surface area contributed by atoms with Crippen LogP contribution in [0.1, 0.15) is 34.5 Å². The molecule has 0 spiro atoms. The molecule has 1 atom stereocenters. The first-order chi connectivity index (χ1) is 11.8. The Morgan fingerprint density at radius 2 is 2.12 bits per heavy atom. The van der Waals surface area contributed by atoms with Crippen LogP contribution in [-0.2, 0) is 17.7 Å². The Morgan fingerprint density at radius 1 is 1.32 bits per heavy atom. The maximum Gasteiger partial charge on any atom is 0.257 e. The predicted octanol–water partition coefficient (Wildman–Crippen LogP) is 3.02. The Hall–Kier alpha value is -1.82. The number of carbonyl (C=O) groups is 1. The summed E-state index contributed by atoms with van der Waals surface area (Å²) in [6.45, 7) is 2.41. The van der Waals surface area contributed by atoms with Crippen molar-refractivity contribution in [1.82, 2.24) is 4.90 Å². The second-order valence-corrected chi connectivity index (χ2v) is 6.13. The van der Waals surface area contributed by atoms with Crippen LogP contribution in [0.5, 0.6) is 0 Å². The highest BCUT2D eigenvalue weighted by Crippen LogP contribution is 2.18. The topological polar surface area (TPSA) is 68.7 Å².